The van der Waals surface area contributed by atoms with Crippen LogP contribution in [-0.4, -0.2) is 145 Å². The summed E-state index contributed by atoms with van der Waals surface area (Å²) in [5, 5.41) is 88.2. The fourth-order valence-corrected chi connectivity index (χ4v) is 12.4. The van der Waals surface area contributed by atoms with Crippen molar-refractivity contribution in [1.82, 2.24) is 0 Å². The number of aliphatic hydroxyl groups is 8. The van der Waals surface area contributed by atoms with Crippen LogP contribution in [0.3, 0.4) is 0 Å². The Morgan fingerprint density at radius 1 is 0.846 bits per heavy atom. The van der Waals surface area contributed by atoms with Crippen LogP contribution in [0.5, 0.6) is 0 Å². The molecule has 8 rings (SSSR count). The van der Waals surface area contributed by atoms with Gasteiger partial charge in [0.15, 0.2) is 18.4 Å². The molecule has 8 N–H and O–H groups in total. The molecule has 296 valence electrons. The average molecular weight is 741 g/mol. The van der Waals surface area contributed by atoms with E-state index in [1.165, 1.54) is 6.92 Å². The molecule has 0 aromatic rings. The lowest BCUT2D eigenvalue weighted by Gasteiger charge is -2.62. The molecule has 14 nitrogen and oxygen atoms in total. The van der Waals surface area contributed by atoms with E-state index < -0.39 is 102 Å². The van der Waals surface area contributed by atoms with Crippen LogP contribution in [0, 0.1) is 40.4 Å². The van der Waals surface area contributed by atoms with Crippen molar-refractivity contribution in [3.05, 3.63) is 11.6 Å². The minimum atomic E-state index is -1.66. The molecule has 14 heteroatoms. The molecule has 4 aliphatic heterocycles. The Labute approximate surface area is 305 Å². The van der Waals surface area contributed by atoms with E-state index in [0.29, 0.717) is 18.9 Å². The molecule has 8 aliphatic rings. The molecular formula is C38H60O14. The third kappa shape index (κ3) is 5.20. The van der Waals surface area contributed by atoms with Crippen molar-refractivity contribution >= 4 is 0 Å². The van der Waals surface area contributed by atoms with E-state index in [1.54, 1.807) is 0 Å². The van der Waals surface area contributed by atoms with Gasteiger partial charge in [0.25, 0.3) is 0 Å². The summed E-state index contributed by atoms with van der Waals surface area (Å²) in [4.78, 5) is 0. The Kier molecular flexibility index (Phi) is 9.61. The highest BCUT2D eigenvalue weighted by molar-refractivity contribution is 5.31. The van der Waals surface area contributed by atoms with Gasteiger partial charge in [0.2, 0.25) is 0 Å². The molecule has 4 heterocycles. The lowest BCUT2D eigenvalue weighted by molar-refractivity contribution is -0.330. The Hall–Kier alpha value is -0.820. The standard InChI is InChI=1S/C38H60O14/c1-16-8-11-37(47-15-16)18(3)38(46)25(52-37)13-22-20-7-6-19-12-23(40)27(42)32(36(19,5)21(20)9-10-35(22,38)4)51-34-31(28(43)24(14-39)49-34)50-33-30(45)29(44)26(41)17(2)48-33/h6,16-18,20-34,39-46H,7-15H2,1-5H3/t16-,17+,18-,20?,21?,22?,23-,24-,25?,26+,27+,28+,29-,30-,31+,32-,33+,34+,35+,36+,37-,38-/m1/s1. The maximum Gasteiger partial charge on any atom is 0.187 e. The van der Waals surface area contributed by atoms with E-state index in [2.05, 4.69) is 33.8 Å². The molecule has 1 spiro atoms. The summed E-state index contributed by atoms with van der Waals surface area (Å²) >= 11 is 0. The van der Waals surface area contributed by atoms with Crippen LogP contribution < -0.4 is 0 Å². The molecule has 7 fully saturated rings. The molecular weight excluding hydrogens is 680 g/mol. The highest BCUT2D eigenvalue weighted by Crippen LogP contribution is 2.72. The van der Waals surface area contributed by atoms with Gasteiger partial charge < -0.3 is 69.3 Å². The fourth-order valence-electron chi connectivity index (χ4n) is 12.4. The van der Waals surface area contributed by atoms with Gasteiger partial charge in [-0.2, -0.15) is 0 Å². The minimum absolute atomic E-state index is 0.00323. The molecule has 0 radical (unpaired) electrons. The smallest absolute Gasteiger partial charge is 0.187 e. The lowest BCUT2D eigenvalue weighted by atomic mass is 9.45. The predicted molar refractivity (Wildman–Crippen MR) is 180 cm³/mol. The van der Waals surface area contributed by atoms with Crippen LogP contribution in [0.25, 0.3) is 0 Å². The van der Waals surface area contributed by atoms with Crippen LogP contribution in [0.15, 0.2) is 11.6 Å². The molecule has 3 saturated carbocycles. The van der Waals surface area contributed by atoms with Crippen molar-refractivity contribution in [2.24, 2.45) is 40.4 Å². The van der Waals surface area contributed by atoms with Gasteiger partial charge in [-0.3, -0.25) is 0 Å². The van der Waals surface area contributed by atoms with Gasteiger partial charge in [0.1, 0.15) is 48.3 Å². The summed E-state index contributed by atoms with van der Waals surface area (Å²) in [5.74, 6) is -0.324. The summed E-state index contributed by atoms with van der Waals surface area (Å²) in [5.41, 5.74) is -1.33. The monoisotopic (exact) mass is 740 g/mol. The van der Waals surface area contributed by atoms with Crippen LogP contribution in [-0.2, 0) is 28.4 Å². The Morgan fingerprint density at radius 3 is 2.29 bits per heavy atom. The van der Waals surface area contributed by atoms with Crippen LogP contribution in [0.4, 0.5) is 0 Å². The third-order valence-corrected chi connectivity index (χ3v) is 15.6. The van der Waals surface area contributed by atoms with Crippen LogP contribution in [0.2, 0.25) is 0 Å². The second kappa shape index (κ2) is 13.1. The highest BCUT2D eigenvalue weighted by atomic mass is 16.8. The number of ether oxygens (including phenoxy) is 6. The first kappa shape index (κ1) is 38.1. The fraction of sp³-hybridized carbons (Fsp3) is 0.947. The Bertz CT molecular complexity index is 1370. The first-order chi connectivity index (χ1) is 24.5. The van der Waals surface area contributed by atoms with E-state index in [-0.39, 0.29) is 36.2 Å². The summed E-state index contributed by atoms with van der Waals surface area (Å²) in [6.07, 6.45) is -9.02. The molecule has 0 aromatic heterocycles. The molecule has 4 aliphatic carbocycles. The van der Waals surface area contributed by atoms with E-state index in [9.17, 15) is 40.9 Å². The predicted octanol–water partition coefficient (Wildman–Crippen LogP) is 0.0855. The van der Waals surface area contributed by atoms with Crippen molar-refractivity contribution in [2.75, 3.05) is 13.2 Å². The van der Waals surface area contributed by atoms with Gasteiger partial charge in [-0.05, 0) is 69.1 Å². The number of hydrogen-bond acceptors (Lipinski definition) is 14. The maximum absolute atomic E-state index is 12.8. The average Bonchev–Trinajstić information content (AvgIpc) is 3.62. The summed E-state index contributed by atoms with van der Waals surface area (Å²) in [6.45, 7) is 10.1. The molecule has 4 unspecified atom stereocenters. The normalized spacial score (nSPS) is 60.1. The van der Waals surface area contributed by atoms with Crippen molar-refractivity contribution in [1.29, 1.82) is 0 Å². The number of fused-ring (bicyclic) bond motifs is 7. The quantitative estimate of drug-likeness (QED) is 0.175. The second-order valence-electron chi connectivity index (χ2n) is 18.1. The van der Waals surface area contributed by atoms with Gasteiger partial charge >= 0.3 is 0 Å². The molecule has 0 aromatic carbocycles. The van der Waals surface area contributed by atoms with Crippen molar-refractivity contribution in [3.8, 4) is 0 Å². The maximum atomic E-state index is 12.8. The van der Waals surface area contributed by atoms with Crippen LogP contribution in [0.1, 0.15) is 79.6 Å². The minimum Gasteiger partial charge on any atom is -0.394 e. The van der Waals surface area contributed by atoms with E-state index in [0.717, 1.165) is 37.7 Å². The van der Waals surface area contributed by atoms with Gasteiger partial charge in [-0.25, -0.2) is 0 Å². The zero-order valence-electron chi connectivity index (χ0n) is 30.9. The van der Waals surface area contributed by atoms with E-state index >= 15 is 0 Å². The van der Waals surface area contributed by atoms with Gasteiger partial charge in [0.05, 0.1) is 37.6 Å². The van der Waals surface area contributed by atoms with Crippen molar-refractivity contribution in [2.45, 2.75) is 171 Å². The molecule has 22 atom stereocenters. The Balaban J connectivity index is 1.07. The molecule has 0 bridgehead atoms. The third-order valence-electron chi connectivity index (χ3n) is 15.6. The lowest BCUT2D eigenvalue weighted by Crippen LogP contribution is -2.64. The molecule has 4 saturated heterocycles. The zero-order valence-corrected chi connectivity index (χ0v) is 30.9. The summed E-state index contributed by atoms with van der Waals surface area (Å²) in [7, 11) is 0. The largest absolute Gasteiger partial charge is 0.394 e. The summed E-state index contributed by atoms with van der Waals surface area (Å²) in [6, 6.07) is 0. The SMILES string of the molecule is C[C@@H]1CC[C@@]2(OC1)OC1CC3C4CC=C5C[C@@H](O)[C@H](O)[C@@H](O[C@@H]6O[C@H](CO)[C@H](O)[C@@H]6O[C@@H]6O[C@@H](C)[C@H](O)[C@@H](O)[C@H]6O)[C@]5(C)C4CC[C@]3(C)[C@@]1(O)[C@@H]2C. The number of allylic oxidation sites excluding steroid dienone is 1. The van der Waals surface area contributed by atoms with Gasteiger partial charge in [-0.1, -0.05) is 39.3 Å². The number of rotatable bonds is 5. The van der Waals surface area contributed by atoms with E-state index in [1.807, 2.05) is 0 Å². The molecule has 0 amide bonds. The summed E-state index contributed by atoms with van der Waals surface area (Å²) < 4.78 is 37.5. The van der Waals surface area contributed by atoms with Gasteiger partial charge in [0, 0.05) is 23.2 Å². The Morgan fingerprint density at radius 2 is 1.60 bits per heavy atom. The highest BCUT2D eigenvalue weighted by Gasteiger charge is 2.77. The van der Waals surface area contributed by atoms with Gasteiger partial charge in [-0.15, -0.1) is 0 Å². The zero-order chi connectivity index (χ0) is 37.3. The first-order valence-electron chi connectivity index (χ1n) is 19.6. The van der Waals surface area contributed by atoms with E-state index in [4.69, 9.17) is 28.4 Å². The number of hydrogen-bond donors (Lipinski definition) is 8. The second-order valence-corrected chi connectivity index (χ2v) is 18.1. The van der Waals surface area contributed by atoms with Crippen LogP contribution >= 0.6 is 0 Å². The molecule has 52 heavy (non-hydrogen) atoms. The topological polar surface area (TPSA) is 217 Å². The van der Waals surface area contributed by atoms with Crippen molar-refractivity contribution < 1.29 is 69.3 Å². The van der Waals surface area contributed by atoms with Crippen molar-refractivity contribution in [3.63, 3.8) is 0 Å². The first-order valence-corrected chi connectivity index (χ1v) is 19.6. The number of aliphatic hydroxyl groups excluding tert-OH is 7.